The van der Waals surface area contributed by atoms with Crippen LogP contribution in [0.2, 0.25) is 10.3 Å². The van der Waals surface area contributed by atoms with Crippen molar-refractivity contribution in [1.29, 1.82) is 0 Å². The molecule has 2 aromatic rings. The van der Waals surface area contributed by atoms with Crippen LogP contribution in [0.25, 0.3) is 11.4 Å². The van der Waals surface area contributed by atoms with Crippen LogP contribution >= 0.6 is 57.1 Å². The van der Waals surface area contributed by atoms with E-state index < -0.39 is 0 Å². The first-order chi connectivity index (χ1) is 7.09. The Morgan fingerprint density at radius 3 is 2.27 bits per heavy atom. The van der Waals surface area contributed by atoms with Gasteiger partial charge in [0.05, 0.1) is 3.57 Å². The summed E-state index contributed by atoms with van der Waals surface area (Å²) in [7, 11) is 0. The highest BCUT2D eigenvalue weighted by Gasteiger charge is 2.12. The van der Waals surface area contributed by atoms with E-state index in [1.807, 2.05) is 40.3 Å². The predicted molar refractivity (Wildman–Crippen MR) is 72.8 cm³/mol. The minimum absolute atomic E-state index is 0.399. The monoisotopic (exact) mass is 370 g/mol. The lowest BCUT2D eigenvalue weighted by Crippen LogP contribution is -1.93. The maximum absolute atomic E-state index is 5.95. The largest absolute Gasteiger partial charge is 0.215 e. The molecule has 0 N–H and O–H groups in total. The summed E-state index contributed by atoms with van der Waals surface area (Å²) in [4.78, 5) is 8.41. The van der Waals surface area contributed by atoms with Gasteiger partial charge in [-0.25, -0.2) is 9.97 Å². The Balaban J connectivity index is 2.60. The summed E-state index contributed by atoms with van der Waals surface area (Å²) < 4.78 is 0.688. The van der Waals surface area contributed by atoms with Crippen molar-refractivity contribution in [2.24, 2.45) is 0 Å². The molecule has 2 rings (SSSR count). The number of nitrogens with zero attached hydrogens (tertiary/aromatic N) is 2. The van der Waals surface area contributed by atoms with Gasteiger partial charge in [-0.15, -0.1) is 0 Å². The number of aryl methyl sites for hydroxylation is 1. The third kappa shape index (κ3) is 2.27. The highest BCUT2D eigenvalue weighted by atomic mass is 127. The Morgan fingerprint density at radius 2 is 1.80 bits per heavy atom. The first-order valence-electron chi connectivity index (χ1n) is 4.01. The molecule has 0 saturated heterocycles. The number of rotatable bonds is 1. The van der Waals surface area contributed by atoms with Crippen molar-refractivity contribution in [3.05, 3.63) is 30.2 Å². The molecule has 0 aliphatic rings. The third-order valence-electron chi connectivity index (χ3n) is 1.87. The molecule has 0 saturated carbocycles. The summed E-state index contributed by atoms with van der Waals surface area (Å²) in [5, 5.41) is 4.83. The summed E-state index contributed by atoms with van der Waals surface area (Å²) in [6.45, 7) is 2.01. The Bertz CT molecular complexity index is 490. The van der Waals surface area contributed by atoms with E-state index >= 15 is 0 Å². The molecule has 0 radical (unpaired) electrons. The van der Waals surface area contributed by atoms with Gasteiger partial charge in [0.15, 0.2) is 5.82 Å². The quantitative estimate of drug-likeness (QED) is 0.548. The molecule has 2 aromatic heterocycles. The number of halogens is 3. The van der Waals surface area contributed by atoms with Gasteiger partial charge in [-0.2, -0.15) is 11.3 Å². The predicted octanol–water partition coefficient (Wildman–Crippen LogP) is 4.42. The number of thiophene rings is 1. The molecular formula is C9H5Cl2IN2S. The minimum atomic E-state index is 0.399. The first-order valence-corrected chi connectivity index (χ1v) is 6.79. The van der Waals surface area contributed by atoms with Crippen LogP contribution in [-0.4, -0.2) is 9.97 Å². The van der Waals surface area contributed by atoms with Crippen molar-refractivity contribution in [2.45, 2.75) is 6.92 Å². The van der Waals surface area contributed by atoms with Gasteiger partial charge in [0, 0.05) is 10.9 Å². The van der Waals surface area contributed by atoms with Gasteiger partial charge in [0.1, 0.15) is 10.3 Å². The van der Waals surface area contributed by atoms with E-state index in [4.69, 9.17) is 23.2 Å². The van der Waals surface area contributed by atoms with Crippen LogP contribution in [-0.2, 0) is 0 Å². The highest BCUT2D eigenvalue weighted by molar-refractivity contribution is 14.1. The summed E-state index contributed by atoms with van der Waals surface area (Å²) >= 11 is 15.5. The summed E-state index contributed by atoms with van der Waals surface area (Å²) in [6, 6.07) is 0. The van der Waals surface area contributed by atoms with Gasteiger partial charge in [-0.05, 0) is 40.5 Å². The average Bonchev–Trinajstić information content (AvgIpc) is 2.60. The highest BCUT2D eigenvalue weighted by Crippen LogP contribution is 2.29. The first kappa shape index (κ1) is 11.6. The van der Waals surface area contributed by atoms with E-state index in [1.165, 1.54) is 0 Å². The van der Waals surface area contributed by atoms with Gasteiger partial charge in [0.2, 0.25) is 0 Å². The molecule has 0 atom stereocenters. The molecule has 0 fully saturated rings. The van der Waals surface area contributed by atoms with E-state index in [2.05, 4.69) is 9.97 Å². The van der Waals surface area contributed by atoms with Gasteiger partial charge in [0.25, 0.3) is 0 Å². The van der Waals surface area contributed by atoms with E-state index in [1.54, 1.807) is 11.3 Å². The van der Waals surface area contributed by atoms with Crippen molar-refractivity contribution in [2.75, 3.05) is 0 Å². The van der Waals surface area contributed by atoms with Crippen LogP contribution < -0.4 is 0 Å². The van der Waals surface area contributed by atoms with E-state index in [9.17, 15) is 0 Å². The standard InChI is InChI=1S/C9H5Cl2IN2S/c1-4-2-15-3-5(4)9-13-7(10)6(12)8(11)14-9/h2-3H,1H3. The molecule has 0 aromatic carbocycles. The second kappa shape index (κ2) is 4.53. The Morgan fingerprint density at radius 1 is 1.20 bits per heavy atom. The van der Waals surface area contributed by atoms with Gasteiger partial charge >= 0.3 is 0 Å². The number of hydrogen-bond donors (Lipinski definition) is 0. The summed E-state index contributed by atoms with van der Waals surface area (Å²) in [5.74, 6) is 0.587. The van der Waals surface area contributed by atoms with Crippen LogP contribution in [0.4, 0.5) is 0 Å². The lowest BCUT2D eigenvalue weighted by molar-refractivity contribution is 1.16. The molecule has 2 heterocycles. The SMILES string of the molecule is Cc1cscc1-c1nc(Cl)c(I)c(Cl)n1. The molecular weight excluding hydrogens is 366 g/mol. The van der Waals surface area contributed by atoms with E-state index in [0.29, 0.717) is 19.7 Å². The fraction of sp³-hybridized carbons (Fsp3) is 0.111. The van der Waals surface area contributed by atoms with Crippen LogP contribution in [0.15, 0.2) is 10.8 Å². The van der Waals surface area contributed by atoms with Crippen molar-refractivity contribution in [3.63, 3.8) is 0 Å². The normalized spacial score (nSPS) is 10.7. The molecule has 78 valence electrons. The zero-order valence-corrected chi connectivity index (χ0v) is 12.1. The Labute approximate surface area is 115 Å². The topological polar surface area (TPSA) is 25.8 Å². The molecule has 6 heteroatoms. The maximum Gasteiger partial charge on any atom is 0.163 e. The number of aromatic nitrogens is 2. The number of hydrogen-bond acceptors (Lipinski definition) is 3. The molecule has 0 amide bonds. The molecule has 2 nitrogen and oxygen atoms in total. The second-order valence-corrected chi connectivity index (χ2v) is 5.45. The minimum Gasteiger partial charge on any atom is -0.215 e. The smallest absolute Gasteiger partial charge is 0.163 e. The van der Waals surface area contributed by atoms with E-state index in [-0.39, 0.29) is 0 Å². The van der Waals surface area contributed by atoms with E-state index in [0.717, 1.165) is 11.1 Å². The lowest BCUT2D eigenvalue weighted by Gasteiger charge is -2.02. The Hall–Kier alpha value is 0.0900. The van der Waals surface area contributed by atoms with Crippen LogP contribution in [0.1, 0.15) is 5.56 Å². The lowest BCUT2D eigenvalue weighted by atomic mass is 10.2. The van der Waals surface area contributed by atoms with Gasteiger partial charge in [-0.3, -0.25) is 0 Å². The zero-order valence-electron chi connectivity index (χ0n) is 7.59. The fourth-order valence-electron chi connectivity index (χ4n) is 1.10. The molecule has 0 aliphatic heterocycles. The van der Waals surface area contributed by atoms with Crippen molar-refractivity contribution < 1.29 is 0 Å². The average molecular weight is 371 g/mol. The summed E-state index contributed by atoms with van der Waals surface area (Å²) in [6.07, 6.45) is 0. The van der Waals surface area contributed by atoms with Gasteiger partial charge in [-0.1, -0.05) is 23.2 Å². The third-order valence-corrected chi connectivity index (χ3v) is 4.93. The molecule has 15 heavy (non-hydrogen) atoms. The fourth-order valence-corrected chi connectivity index (χ4v) is 2.56. The Kier molecular flexibility index (Phi) is 3.49. The molecule has 0 spiro atoms. The van der Waals surface area contributed by atoms with Gasteiger partial charge < -0.3 is 0 Å². The van der Waals surface area contributed by atoms with Crippen LogP contribution in [0, 0.1) is 10.5 Å². The maximum atomic E-state index is 5.95. The van der Waals surface area contributed by atoms with Crippen LogP contribution in [0.3, 0.4) is 0 Å². The second-order valence-electron chi connectivity index (χ2n) is 2.91. The van der Waals surface area contributed by atoms with Crippen molar-refractivity contribution >= 4 is 57.1 Å². The molecule has 0 unspecified atom stereocenters. The molecule has 0 aliphatic carbocycles. The van der Waals surface area contributed by atoms with Crippen LogP contribution in [0.5, 0.6) is 0 Å². The van der Waals surface area contributed by atoms with Crippen molar-refractivity contribution in [3.8, 4) is 11.4 Å². The molecule has 0 bridgehead atoms. The zero-order chi connectivity index (χ0) is 11.0. The van der Waals surface area contributed by atoms with Crippen molar-refractivity contribution in [1.82, 2.24) is 9.97 Å². The summed E-state index contributed by atoms with van der Waals surface area (Å²) in [5.41, 5.74) is 2.12.